The average Bonchev–Trinajstić information content (AvgIpc) is 2.79. The number of ketones is 2. The van der Waals surface area contributed by atoms with Gasteiger partial charge in [-0.2, -0.15) is 0 Å². The van der Waals surface area contributed by atoms with Crippen LogP contribution in [-0.2, 0) is 14.3 Å². The van der Waals surface area contributed by atoms with Crippen LogP contribution >= 0.6 is 0 Å². The van der Waals surface area contributed by atoms with Crippen LogP contribution in [0.1, 0.15) is 48.7 Å². The fourth-order valence-electron chi connectivity index (χ4n) is 2.90. The van der Waals surface area contributed by atoms with Gasteiger partial charge in [-0.15, -0.1) is 0 Å². The molecule has 1 atom stereocenters. The lowest BCUT2D eigenvalue weighted by Crippen LogP contribution is -2.18. The van der Waals surface area contributed by atoms with Crippen LogP contribution in [0.15, 0.2) is 60.3 Å². The Balaban J connectivity index is 2.30. The lowest BCUT2D eigenvalue weighted by Gasteiger charge is -2.15. The second kappa shape index (κ2) is 11.7. The topological polar surface area (TPSA) is 102 Å². The van der Waals surface area contributed by atoms with Gasteiger partial charge in [0.1, 0.15) is 17.4 Å². The second-order valence-electron chi connectivity index (χ2n) is 6.68. The number of nitrogens with one attached hydrogen (secondary N) is 1. The van der Waals surface area contributed by atoms with Crippen molar-refractivity contribution < 1.29 is 29.0 Å². The van der Waals surface area contributed by atoms with Crippen molar-refractivity contribution in [1.82, 2.24) is 0 Å². The number of benzene rings is 2. The third kappa shape index (κ3) is 6.26. The first-order chi connectivity index (χ1) is 14.9. The third-order valence-electron chi connectivity index (χ3n) is 4.52. The van der Waals surface area contributed by atoms with E-state index in [1.807, 2.05) is 6.92 Å². The molecule has 31 heavy (non-hydrogen) atoms. The lowest BCUT2D eigenvalue weighted by molar-refractivity contribution is -0.140. The predicted octanol–water partition coefficient (Wildman–Crippen LogP) is 3.84. The summed E-state index contributed by atoms with van der Waals surface area (Å²) in [6.07, 6.45) is 0.607. The Morgan fingerprint density at radius 1 is 1.06 bits per heavy atom. The van der Waals surface area contributed by atoms with Gasteiger partial charge in [0.05, 0.1) is 13.7 Å². The van der Waals surface area contributed by atoms with E-state index in [4.69, 9.17) is 9.47 Å². The number of carbonyl (C=O) groups is 3. The Labute approximate surface area is 181 Å². The molecule has 0 heterocycles. The lowest BCUT2D eigenvalue weighted by atomic mass is 9.98. The minimum atomic E-state index is -1.44. The average molecular weight is 425 g/mol. The van der Waals surface area contributed by atoms with Gasteiger partial charge >= 0.3 is 5.97 Å². The van der Waals surface area contributed by atoms with Crippen LogP contribution in [0.3, 0.4) is 0 Å². The van der Waals surface area contributed by atoms with Crippen molar-refractivity contribution in [3.05, 3.63) is 71.4 Å². The molecule has 0 spiro atoms. The van der Waals surface area contributed by atoms with E-state index in [0.717, 1.165) is 0 Å². The monoisotopic (exact) mass is 425 g/mol. The van der Waals surface area contributed by atoms with E-state index in [1.165, 1.54) is 13.3 Å². The molecule has 7 nitrogen and oxygen atoms in total. The number of hydrogen-bond acceptors (Lipinski definition) is 7. The maximum atomic E-state index is 12.8. The summed E-state index contributed by atoms with van der Waals surface area (Å²) in [6, 6.07) is 13.1. The molecule has 0 aliphatic carbocycles. The van der Waals surface area contributed by atoms with Crippen molar-refractivity contribution in [3.8, 4) is 5.75 Å². The summed E-state index contributed by atoms with van der Waals surface area (Å²) in [5.41, 5.74) is 0.909. The smallest absolute Gasteiger partial charge is 0.343 e. The van der Waals surface area contributed by atoms with Crippen LogP contribution in [0.25, 0.3) is 0 Å². The van der Waals surface area contributed by atoms with E-state index in [-0.39, 0.29) is 24.4 Å². The van der Waals surface area contributed by atoms with Crippen LogP contribution in [0.4, 0.5) is 5.69 Å². The highest BCUT2D eigenvalue weighted by atomic mass is 16.5. The summed E-state index contributed by atoms with van der Waals surface area (Å²) in [5.74, 6) is -0.961. The van der Waals surface area contributed by atoms with Crippen LogP contribution < -0.4 is 10.1 Å². The van der Waals surface area contributed by atoms with Crippen LogP contribution in [0.2, 0.25) is 0 Å². The Morgan fingerprint density at radius 3 is 2.35 bits per heavy atom. The van der Waals surface area contributed by atoms with Crippen molar-refractivity contribution in [2.45, 2.75) is 32.8 Å². The van der Waals surface area contributed by atoms with Gasteiger partial charge in [-0.3, -0.25) is 9.59 Å². The standard InChI is InChI=1S/C24H27NO6/c1-4-8-21(26)19(24(29)31-5-2)15-25-20-10-7-6-9-18(20)23(28)22(27)16-11-13-17(30-3)14-12-16/h6-7,9-15,23,25,28H,4-5,8H2,1-3H3. The number of ether oxygens (including phenoxy) is 2. The van der Waals surface area contributed by atoms with Gasteiger partial charge < -0.3 is 19.9 Å². The molecule has 0 aromatic heterocycles. The van der Waals surface area contributed by atoms with Gasteiger partial charge in [0.25, 0.3) is 0 Å². The van der Waals surface area contributed by atoms with E-state index in [0.29, 0.717) is 29.0 Å². The molecule has 1 unspecified atom stereocenters. The van der Waals surface area contributed by atoms with E-state index in [1.54, 1.807) is 55.5 Å². The fourth-order valence-corrected chi connectivity index (χ4v) is 2.90. The molecule has 0 bridgehead atoms. The van der Waals surface area contributed by atoms with Crippen molar-refractivity contribution >= 4 is 23.2 Å². The SMILES string of the molecule is CCCC(=O)C(=CNc1ccccc1C(O)C(=O)c1ccc(OC)cc1)C(=O)OCC. The van der Waals surface area contributed by atoms with E-state index >= 15 is 0 Å². The zero-order chi connectivity index (χ0) is 22.8. The molecule has 0 radical (unpaired) electrons. The normalized spacial score (nSPS) is 12.1. The summed E-state index contributed by atoms with van der Waals surface area (Å²) in [6.45, 7) is 3.63. The van der Waals surface area contributed by atoms with Crippen LogP contribution in [-0.4, -0.2) is 36.4 Å². The largest absolute Gasteiger partial charge is 0.497 e. The zero-order valence-corrected chi connectivity index (χ0v) is 17.9. The third-order valence-corrected chi connectivity index (χ3v) is 4.52. The first-order valence-corrected chi connectivity index (χ1v) is 10.0. The molecule has 0 aliphatic rings. The number of aliphatic hydroxyl groups excluding tert-OH is 1. The number of carbonyl (C=O) groups excluding carboxylic acids is 3. The molecule has 0 saturated heterocycles. The van der Waals surface area contributed by atoms with Gasteiger partial charge in [-0.05, 0) is 43.7 Å². The summed E-state index contributed by atoms with van der Waals surface area (Å²) in [5, 5.41) is 13.6. The van der Waals surface area contributed by atoms with E-state index in [2.05, 4.69) is 5.32 Å². The molecular formula is C24H27NO6. The number of anilines is 1. The van der Waals surface area contributed by atoms with Crippen molar-refractivity contribution in [2.24, 2.45) is 0 Å². The minimum absolute atomic E-state index is 0.116. The molecular weight excluding hydrogens is 398 g/mol. The highest BCUT2D eigenvalue weighted by Gasteiger charge is 2.23. The Hall–Kier alpha value is -3.45. The number of hydrogen-bond donors (Lipinski definition) is 2. The Bertz CT molecular complexity index is 929. The van der Waals surface area contributed by atoms with Gasteiger partial charge in [-0.25, -0.2) is 4.79 Å². The first kappa shape index (κ1) is 23.8. The first-order valence-electron chi connectivity index (χ1n) is 10.0. The Kier molecular flexibility index (Phi) is 8.96. The predicted molar refractivity (Wildman–Crippen MR) is 117 cm³/mol. The summed E-state index contributed by atoms with van der Waals surface area (Å²) in [7, 11) is 1.52. The van der Waals surface area contributed by atoms with Gasteiger partial charge in [0.15, 0.2) is 11.6 Å². The minimum Gasteiger partial charge on any atom is -0.497 e. The maximum Gasteiger partial charge on any atom is 0.343 e. The van der Waals surface area contributed by atoms with Crippen molar-refractivity contribution in [3.63, 3.8) is 0 Å². The number of methoxy groups -OCH3 is 1. The molecule has 7 heteroatoms. The fraction of sp³-hybridized carbons (Fsp3) is 0.292. The molecule has 2 rings (SSSR count). The van der Waals surface area contributed by atoms with Gasteiger partial charge in [0, 0.05) is 29.4 Å². The summed E-state index contributed by atoms with van der Waals surface area (Å²) < 4.78 is 10.1. The zero-order valence-electron chi connectivity index (χ0n) is 17.9. The van der Waals surface area contributed by atoms with Crippen molar-refractivity contribution in [2.75, 3.05) is 19.0 Å². The highest BCUT2D eigenvalue weighted by molar-refractivity contribution is 6.17. The molecule has 2 N–H and O–H groups in total. The summed E-state index contributed by atoms with van der Waals surface area (Å²) >= 11 is 0. The van der Waals surface area contributed by atoms with Gasteiger partial charge in [-0.1, -0.05) is 25.1 Å². The second-order valence-corrected chi connectivity index (χ2v) is 6.68. The quantitative estimate of drug-likeness (QED) is 0.185. The Morgan fingerprint density at radius 2 is 1.74 bits per heavy atom. The number of para-hydroxylation sites is 1. The van der Waals surface area contributed by atoms with Crippen LogP contribution in [0, 0.1) is 0 Å². The number of aliphatic hydroxyl groups is 1. The van der Waals surface area contributed by atoms with E-state index < -0.39 is 17.9 Å². The van der Waals surface area contributed by atoms with Crippen LogP contribution in [0.5, 0.6) is 5.75 Å². The number of esters is 1. The number of rotatable bonds is 11. The molecule has 2 aromatic carbocycles. The van der Waals surface area contributed by atoms with Crippen molar-refractivity contribution in [1.29, 1.82) is 0 Å². The van der Waals surface area contributed by atoms with Gasteiger partial charge in [0.2, 0.25) is 0 Å². The molecule has 0 saturated carbocycles. The molecule has 0 fully saturated rings. The summed E-state index contributed by atoms with van der Waals surface area (Å²) in [4.78, 5) is 37.3. The molecule has 0 aliphatic heterocycles. The highest BCUT2D eigenvalue weighted by Crippen LogP contribution is 2.27. The molecule has 2 aromatic rings. The molecule has 164 valence electrons. The van der Waals surface area contributed by atoms with E-state index in [9.17, 15) is 19.5 Å². The number of Topliss-reactive ketones (excluding diaryl/α,β-unsaturated/α-hetero) is 2. The molecule has 0 amide bonds. The maximum absolute atomic E-state index is 12.8.